The van der Waals surface area contributed by atoms with Crippen molar-refractivity contribution in [2.75, 3.05) is 0 Å². The quantitative estimate of drug-likeness (QED) is 0.464. The van der Waals surface area contributed by atoms with E-state index in [0.29, 0.717) is 6.42 Å². The molecule has 0 radical (unpaired) electrons. The van der Waals surface area contributed by atoms with Crippen LogP contribution in [-0.4, -0.2) is 11.1 Å². The van der Waals surface area contributed by atoms with Crippen LogP contribution in [0.3, 0.4) is 0 Å². The van der Waals surface area contributed by atoms with Crippen molar-refractivity contribution >= 4 is 5.97 Å². The third kappa shape index (κ3) is 11.2. The zero-order valence-electron chi connectivity index (χ0n) is 8.46. The van der Waals surface area contributed by atoms with Gasteiger partial charge < -0.3 is 5.11 Å². The lowest BCUT2D eigenvalue weighted by Crippen LogP contribution is -1.91. The average molecular weight is 184 g/mol. The predicted molar refractivity (Wildman–Crippen MR) is 54.8 cm³/mol. The first-order valence-corrected chi connectivity index (χ1v) is 5.14. The van der Waals surface area contributed by atoms with Crippen molar-refractivity contribution in [3.05, 3.63) is 12.2 Å². The summed E-state index contributed by atoms with van der Waals surface area (Å²) in [6, 6.07) is 0. The van der Waals surface area contributed by atoms with E-state index >= 15 is 0 Å². The summed E-state index contributed by atoms with van der Waals surface area (Å²) in [5.41, 5.74) is 0. The van der Waals surface area contributed by atoms with Crippen molar-refractivity contribution in [3.63, 3.8) is 0 Å². The van der Waals surface area contributed by atoms with Crippen LogP contribution >= 0.6 is 0 Å². The molecule has 0 aliphatic carbocycles. The van der Waals surface area contributed by atoms with E-state index in [9.17, 15) is 4.79 Å². The third-order valence-corrected chi connectivity index (χ3v) is 1.92. The van der Waals surface area contributed by atoms with Crippen LogP contribution in [0.5, 0.6) is 0 Å². The summed E-state index contributed by atoms with van der Waals surface area (Å²) in [5, 5.41) is 8.35. The minimum Gasteiger partial charge on any atom is -0.481 e. The predicted octanol–water partition coefficient (Wildman–Crippen LogP) is 3.38. The largest absolute Gasteiger partial charge is 0.481 e. The van der Waals surface area contributed by atoms with E-state index in [2.05, 4.69) is 13.0 Å². The monoisotopic (exact) mass is 184 g/mol. The highest BCUT2D eigenvalue weighted by atomic mass is 16.4. The summed E-state index contributed by atoms with van der Waals surface area (Å²) in [5.74, 6) is -0.712. The number of carboxylic acids is 1. The minimum absolute atomic E-state index is 0.255. The van der Waals surface area contributed by atoms with Gasteiger partial charge in [0.1, 0.15) is 0 Å². The first-order valence-electron chi connectivity index (χ1n) is 5.14. The third-order valence-electron chi connectivity index (χ3n) is 1.92. The van der Waals surface area contributed by atoms with Gasteiger partial charge in [0.25, 0.3) is 0 Å². The van der Waals surface area contributed by atoms with E-state index in [1.807, 2.05) is 6.08 Å². The Morgan fingerprint density at radius 3 is 2.46 bits per heavy atom. The van der Waals surface area contributed by atoms with E-state index in [4.69, 9.17) is 5.11 Å². The molecule has 0 unspecified atom stereocenters. The second-order valence-electron chi connectivity index (χ2n) is 3.25. The van der Waals surface area contributed by atoms with Gasteiger partial charge in [-0.25, -0.2) is 0 Å². The molecular weight excluding hydrogens is 164 g/mol. The van der Waals surface area contributed by atoms with Gasteiger partial charge in [-0.15, -0.1) is 0 Å². The van der Waals surface area contributed by atoms with Crippen molar-refractivity contribution in [2.45, 2.75) is 51.9 Å². The Bertz CT molecular complexity index is 150. The van der Waals surface area contributed by atoms with Gasteiger partial charge >= 0.3 is 5.97 Å². The Morgan fingerprint density at radius 2 is 1.85 bits per heavy atom. The summed E-state index contributed by atoms with van der Waals surface area (Å²) >= 11 is 0. The number of rotatable bonds is 8. The fourth-order valence-corrected chi connectivity index (χ4v) is 1.13. The van der Waals surface area contributed by atoms with Crippen molar-refractivity contribution in [1.82, 2.24) is 0 Å². The van der Waals surface area contributed by atoms with Gasteiger partial charge in [-0.05, 0) is 19.3 Å². The number of hydrogen-bond donors (Lipinski definition) is 1. The first kappa shape index (κ1) is 12.2. The first-order chi connectivity index (χ1) is 6.27. The van der Waals surface area contributed by atoms with Crippen molar-refractivity contribution < 1.29 is 9.90 Å². The molecule has 0 saturated carbocycles. The molecular formula is C11H20O2. The molecule has 0 fully saturated rings. The molecule has 0 atom stereocenters. The molecule has 1 N–H and O–H groups in total. The van der Waals surface area contributed by atoms with Gasteiger partial charge in [0.2, 0.25) is 0 Å². The topological polar surface area (TPSA) is 37.3 Å². The van der Waals surface area contributed by atoms with Crippen LogP contribution < -0.4 is 0 Å². The number of carbonyl (C=O) groups is 1. The van der Waals surface area contributed by atoms with Crippen LogP contribution in [0, 0.1) is 0 Å². The number of unbranched alkanes of at least 4 members (excludes halogenated alkanes) is 4. The molecule has 0 amide bonds. The molecule has 0 rings (SSSR count). The van der Waals surface area contributed by atoms with E-state index in [-0.39, 0.29) is 6.42 Å². The van der Waals surface area contributed by atoms with E-state index < -0.39 is 5.97 Å². The normalized spacial score (nSPS) is 10.8. The Labute approximate surface area is 80.7 Å². The number of carboxylic acid groups (broad SMARTS) is 1. The zero-order chi connectivity index (χ0) is 9.94. The van der Waals surface area contributed by atoms with Crippen molar-refractivity contribution in [3.8, 4) is 0 Å². The van der Waals surface area contributed by atoms with Gasteiger partial charge in [0, 0.05) is 6.42 Å². The lowest BCUT2D eigenvalue weighted by molar-refractivity contribution is -0.136. The molecule has 0 bridgehead atoms. The molecule has 0 aromatic rings. The fourth-order valence-electron chi connectivity index (χ4n) is 1.13. The lowest BCUT2D eigenvalue weighted by Gasteiger charge is -1.93. The zero-order valence-corrected chi connectivity index (χ0v) is 8.46. The highest BCUT2D eigenvalue weighted by Gasteiger charge is 1.91. The van der Waals surface area contributed by atoms with Gasteiger partial charge in [0.05, 0.1) is 0 Å². The van der Waals surface area contributed by atoms with E-state index in [1.54, 1.807) is 0 Å². The number of allylic oxidation sites excluding steroid dienone is 2. The van der Waals surface area contributed by atoms with Gasteiger partial charge in [-0.3, -0.25) is 4.79 Å². The molecule has 0 saturated heterocycles. The highest BCUT2D eigenvalue weighted by Crippen LogP contribution is 2.03. The van der Waals surface area contributed by atoms with Crippen LogP contribution in [0.1, 0.15) is 51.9 Å². The molecule has 0 spiro atoms. The van der Waals surface area contributed by atoms with Crippen molar-refractivity contribution in [2.24, 2.45) is 0 Å². The smallest absolute Gasteiger partial charge is 0.303 e. The molecule has 2 heteroatoms. The van der Waals surface area contributed by atoms with Gasteiger partial charge in [-0.2, -0.15) is 0 Å². The molecule has 76 valence electrons. The molecule has 0 aliphatic heterocycles. The highest BCUT2D eigenvalue weighted by molar-refractivity contribution is 5.66. The molecule has 0 aliphatic rings. The van der Waals surface area contributed by atoms with Crippen LogP contribution in [0.15, 0.2) is 12.2 Å². The molecule has 0 heterocycles. The summed E-state index contributed by atoms with van der Waals surface area (Å²) in [6.07, 6.45) is 11.2. The van der Waals surface area contributed by atoms with Gasteiger partial charge in [0.15, 0.2) is 0 Å². The number of aliphatic carboxylic acids is 1. The molecule has 13 heavy (non-hydrogen) atoms. The lowest BCUT2D eigenvalue weighted by atomic mass is 10.1. The maximum absolute atomic E-state index is 10.1. The van der Waals surface area contributed by atoms with Gasteiger partial charge in [-0.1, -0.05) is 38.3 Å². The molecule has 0 aromatic heterocycles. The summed E-state index contributed by atoms with van der Waals surface area (Å²) in [6.45, 7) is 2.20. The second kappa shape index (κ2) is 9.30. The Hall–Kier alpha value is -0.790. The van der Waals surface area contributed by atoms with Crippen LogP contribution in [0.25, 0.3) is 0 Å². The summed E-state index contributed by atoms with van der Waals surface area (Å²) in [4.78, 5) is 10.1. The Kier molecular flexibility index (Phi) is 8.73. The molecule has 0 aromatic carbocycles. The number of hydrogen-bond acceptors (Lipinski definition) is 1. The Balaban J connectivity index is 3.08. The fraction of sp³-hybridized carbons (Fsp3) is 0.727. The van der Waals surface area contributed by atoms with E-state index in [1.165, 1.54) is 25.7 Å². The average Bonchev–Trinajstić information content (AvgIpc) is 2.09. The van der Waals surface area contributed by atoms with Crippen molar-refractivity contribution in [1.29, 1.82) is 0 Å². The summed E-state index contributed by atoms with van der Waals surface area (Å²) < 4.78 is 0. The Morgan fingerprint density at radius 1 is 1.15 bits per heavy atom. The van der Waals surface area contributed by atoms with Crippen LogP contribution in [0.2, 0.25) is 0 Å². The molecule has 2 nitrogen and oxygen atoms in total. The van der Waals surface area contributed by atoms with E-state index in [0.717, 1.165) is 6.42 Å². The maximum Gasteiger partial charge on any atom is 0.303 e. The SMILES string of the molecule is CCCCCC/C=C\CCC(=O)O. The minimum atomic E-state index is -0.712. The second-order valence-corrected chi connectivity index (χ2v) is 3.25. The summed E-state index contributed by atoms with van der Waals surface area (Å²) in [7, 11) is 0. The van der Waals surface area contributed by atoms with Crippen LogP contribution in [0.4, 0.5) is 0 Å². The standard InChI is InChI=1S/C11H20O2/c1-2-3-4-5-6-7-8-9-10-11(12)13/h7-8H,2-6,9-10H2,1H3,(H,12,13)/b8-7-. The maximum atomic E-state index is 10.1. The van der Waals surface area contributed by atoms with Crippen LogP contribution in [-0.2, 0) is 4.79 Å².